The van der Waals surface area contributed by atoms with Crippen LogP contribution in [0.25, 0.3) is 11.1 Å². The molecule has 1 saturated carbocycles. The van der Waals surface area contributed by atoms with E-state index >= 15 is 0 Å². The van der Waals surface area contributed by atoms with Gasteiger partial charge in [0, 0.05) is 12.0 Å². The minimum absolute atomic E-state index is 0.419. The molecule has 0 spiro atoms. The van der Waals surface area contributed by atoms with Crippen LogP contribution in [0.2, 0.25) is 0 Å². The quantitative estimate of drug-likeness (QED) is 0.598. The third kappa shape index (κ3) is 2.24. The van der Waals surface area contributed by atoms with Crippen LogP contribution in [0.5, 0.6) is 5.75 Å². The molecule has 114 valence electrons. The maximum Gasteiger partial charge on any atom is 0.127 e. The molecular formula is C21H24O. The SMILES string of the molecule is Cc1cc2c(c(OC3CCCCC3)c1C)Cc1ccccc1-2. The number of hydrogen-bond donors (Lipinski definition) is 0. The number of rotatable bonds is 2. The fraction of sp³-hybridized carbons (Fsp3) is 0.429. The third-order valence-electron chi connectivity index (χ3n) is 5.40. The van der Waals surface area contributed by atoms with Crippen molar-refractivity contribution < 1.29 is 4.74 Å². The molecule has 0 aromatic heterocycles. The summed E-state index contributed by atoms with van der Waals surface area (Å²) >= 11 is 0. The van der Waals surface area contributed by atoms with Gasteiger partial charge in [0.15, 0.2) is 0 Å². The molecule has 1 fully saturated rings. The van der Waals surface area contributed by atoms with Crippen LogP contribution < -0.4 is 4.74 Å². The van der Waals surface area contributed by atoms with Crippen LogP contribution in [0, 0.1) is 13.8 Å². The molecule has 2 aliphatic rings. The lowest BCUT2D eigenvalue weighted by molar-refractivity contribution is 0.153. The Labute approximate surface area is 133 Å². The Balaban J connectivity index is 1.77. The van der Waals surface area contributed by atoms with Gasteiger partial charge in [0.2, 0.25) is 0 Å². The van der Waals surface area contributed by atoms with Crippen molar-refractivity contribution in [3.8, 4) is 16.9 Å². The highest BCUT2D eigenvalue weighted by atomic mass is 16.5. The molecule has 0 atom stereocenters. The second-order valence-electron chi connectivity index (χ2n) is 6.89. The largest absolute Gasteiger partial charge is 0.490 e. The average Bonchev–Trinajstić information content (AvgIpc) is 2.91. The van der Waals surface area contributed by atoms with Crippen molar-refractivity contribution >= 4 is 0 Å². The standard InChI is InChI=1S/C21H24O/c1-14-12-19-18-11-7-6-8-16(18)13-20(19)21(15(14)2)22-17-9-4-3-5-10-17/h6-8,11-12,17H,3-5,9-10,13H2,1-2H3. The van der Waals surface area contributed by atoms with E-state index in [-0.39, 0.29) is 0 Å². The Morgan fingerprint density at radius 1 is 0.955 bits per heavy atom. The van der Waals surface area contributed by atoms with Crippen molar-refractivity contribution in [2.45, 2.75) is 58.5 Å². The van der Waals surface area contributed by atoms with Crippen LogP contribution in [0.4, 0.5) is 0 Å². The van der Waals surface area contributed by atoms with Crippen molar-refractivity contribution in [1.29, 1.82) is 0 Å². The molecular weight excluding hydrogens is 268 g/mol. The molecule has 2 aromatic carbocycles. The van der Waals surface area contributed by atoms with Gasteiger partial charge >= 0.3 is 0 Å². The van der Waals surface area contributed by atoms with Gasteiger partial charge in [0.25, 0.3) is 0 Å². The fourth-order valence-electron chi connectivity index (χ4n) is 3.99. The fourth-order valence-corrected chi connectivity index (χ4v) is 3.99. The van der Waals surface area contributed by atoms with E-state index in [2.05, 4.69) is 44.2 Å². The van der Waals surface area contributed by atoms with Gasteiger partial charge in [0.05, 0.1) is 6.10 Å². The number of ether oxygens (including phenoxy) is 1. The topological polar surface area (TPSA) is 9.23 Å². The molecule has 0 amide bonds. The molecule has 2 aliphatic carbocycles. The Morgan fingerprint density at radius 3 is 2.55 bits per heavy atom. The number of benzene rings is 2. The van der Waals surface area contributed by atoms with Gasteiger partial charge in [-0.25, -0.2) is 0 Å². The molecule has 4 rings (SSSR count). The average molecular weight is 292 g/mol. The molecule has 2 aromatic rings. The van der Waals surface area contributed by atoms with Crippen LogP contribution in [-0.4, -0.2) is 6.10 Å². The van der Waals surface area contributed by atoms with Gasteiger partial charge in [-0.2, -0.15) is 0 Å². The van der Waals surface area contributed by atoms with E-state index in [9.17, 15) is 0 Å². The first kappa shape index (κ1) is 13.9. The summed E-state index contributed by atoms with van der Waals surface area (Å²) in [6.45, 7) is 4.43. The summed E-state index contributed by atoms with van der Waals surface area (Å²) in [6.07, 6.45) is 7.88. The predicted molar refractivity (Wildman–Crippen MR) is 91.7 cm³/mol. The van der Waals surface area contributed by atoms with Gasteiger partial charge in [-0.1, -0.05) is 36.8 Å². The Hall–Kier alpha value is -1.76. The van der Waals surface area contributed by atoms with Crippen LogP contribution in [0.15, 0.2) is 30.3 Å². The highest BCUT2D eigenvalue weighted by Crippen LogP contribution is 2.44. The van der Waals surface area contributed by atoms with Crippen molar-refractivity contribution in [3.05, 3.63) is 52.6 Å². The van der Waals surface area contributed by atoms with E-state index in [4.69, 9.17) is 4.74 Å². The Bertz CT molecular complexity index is 708. The monoisotopic (exact) mass is 292 g/mol. The normalized spacial score (nSPS) is 17.2. The summed E-state index contributed by atoms with van der Waals surface area (Å²) in [5.74, 6) is 1.18. The van der Waals surface area contributed by atoms with Crippen molar-refractivity contribution in [2.24, 2.45) is 0 Å². The van der Waals surface area contributed by atoms with Gasteiger partial charge < -0.3 is 4.74 Å². The first-order valence-electron chi connectivity index (χ1n) is 8.62. The molecule has 0 bridgehead atoms. The first-order chi connectivity index (χ1) is 10.7. The van der Waals surface area contributed by atoms with Crippen LogP contribution in [0.3, 0.4) is 0 Å². The Morgan fingerprint density at radius 2 is 1.73 bits per heavy atom. The molecule has 1 nitrogen and oxygen atoms in total. The van der Waals surface area contributed by atoms with Gasteiger partial charge in [-0.15, -0.1) is 0 Å². The highest BCUT2D eigenvalue weighted by molar-refractivity contribution is 5.80. The van der Waals surface area contributed by atoms with E-state index in [1.54, 1.807) is 0 Å². The van der Waals surface area contributed by atoms with Gasteiger partial charge in [-0.3, -0.25) is 0 Å². The lowest BCUT2D eigenvalue weighted by atomic mass is 9.96. The van der Waals surface area contributed by atoms with Gasteiger partial charge in [0.1, 0.15) is 5.75 Å². The highest BCUT2D eigenvalue weighted by Gasteiger charge is 2.26. The zero-order valence-corrected chi connectivity index (χ0v) is 13.6. The lowest BCUT2D eigenvalue weighted by Crippen LogP contribution is -2.21. The second kappa shape index (κ2) is 5.46. The van der Waals surface area contributed by atoms with E-state index in [1.165, 1.54) is 71.2 Å². The summed E-state index contributed by atoms with van der Waals surface area (Å²) in [6, 6.07) is 11.1. The molecule has 0 heterocycles. The van der Waals surface area contributed by atoms with Crippen LogP contribution in [-0.2, 0) is 6.42 Å². The molecule has 0 unspecified atom stereocenters. The van der Waals surface area contributed by atoms with E-state index in [1.807, 2.05) is 0 Å². The zero-order chi connectivity index (χ0) is 15.1. The number of aryl methyl sites for hydroxylation is 1. The summed E-state index contributed by atoms with van der Waals surface area (Å²) in [5, 5.41) is 0. The van der Waals surface area contributed by atoms with Crippen molar-refractivity contribution in [3.63, 3.8) is 0 Å². The smallest absolute Gasteiger partial charge is 0.127 e. The second-order valence-corrected chi connectivity index (χ2v) is 6.89. The summed E-state index contributed by atoms with van der Waals surface area (Å²) in [5.41, 5.74) is 8.32. The summed E-state index contributed by atoms with van der Waals surface area (Å²) in [7, 11) is 0. The minimum Gasteiger partial charge on any atom is -0.490 e. The van der Waals surface area contributed by atoms with Crippen molar-refractivity contribution in [1.82, 2.24) is 0 Å². The van der Waals surface area contributed by atoms with E-state index in [0.717, 1.165) is 6.42 Å². The van der Waals surface area contributed by atoms with Crippen LogP contribution in [0.1, 0.15) is 54.4 Å². The maximum atomic E-state index is 6.54. The van der Waals surface area contributed by atoms with Crippen LogP contribution >= 0.6 is 0 Å². The summed E-state index contributed by atoms with van der Waals surface area (Å²) in [4.78, 5) is 0. The zero-order valence-electron chi connectivity index (χ0n) is 13.6. The van der Waals surface area contributed by atoms with E-state index < -0.39 is 0 Å². The lowest BCUT2D eigenvalue weighted by Gasteiger charge is -2.26. The minimum atomic E-state index is 0.419. The molecule has 0 N–H and O–H groups in total. The molecule has 0 radical (unpaired) electrons. The third-order valence-corrected chi connectivity index (χ3v) is 5.40. The first-order valence-corrected chi connectivity index (χ1v) is 8.62. The maximum absolute atomic E-state index is 6.54. The van der Waals surface area contributed by atoms with E-state index in [0.29, 0.717) is 6.10 Å². The molecule has 0 aliphatic heterocycles. The Kier molecular flexibility index (Phi) is 3.44. The van der Waals surface area contributed by atoms with Gasteiger partial charge in [-0.05, 0) is 67.3 Å². The summed E-state index contributed by atoms with van der Waals surface area (Å²) < 4.78 is 6.54. The van der Waals surface area contributed by atoms with Crippen molar-refractivity contribution in [2.75, 3.05) is 0 Å². The molecule has 0 saturated heterocycles. The number of hydrogen-bond acceptors (Lipinski definition) is 1. The molecule has 22 heavy (non-hydrogen) atoms. The number of fused-ring (bicyclic) bond motifs is 3. The molecule has 1 heteroatoms. The predicted octanol–water partition coefficient (Wildman–Crippen LogP) is 5.59.